The zero-order valence-corrected chi connectivity index (χ0v) is 10.5. The molecule has 3 N–H and O–H groups in total. The standard InChI is InChI=1S/C12H21NO5/c1-2-3-9(15)18-8-6-13-5-4-7(14)10(13)12(17)11(8)16/h7-8,10-12,14,16-17H,2-6H2,1H3/t7-,8-,10?,11+,12+/m0/s1. The summed E-state index contributed by atoms with van der Waals surface area (Å²) in [7, 11) is 0. The van der Waals surface area contributed by atoms with Crippen LogP contribution in [0, 0.1) is 0 Å². The van der Waals surface area contributed by atoms with Gasteiger partial charge in [-0.2, -0.15) is 0 Å². The maximum absolute atomic E-state index is 11.4. The van der Waals surface area contributed by atoms with Gasteiger partial charge in [0, 0.05) is 19.5 Å². The fourth-order valence-corrected chi connectivity index (χ4v) is 2.82. The number of fused-ring (bicyclic) bond motifs is 1. The van der Waals surface area contributed by atoms with Gasteiger partial charge in [0.2, 0.25) is 0 Å². The zero-order valence-electron chi connectivity index (χ0n) is 10.5. The monoisotopic (exact) mass is 259 g/mol. The molecule has 2 heterocycles. The van der Waals surface area contributed by atoms with E-state index < -0.39 is 30.5 Å². The fraction of sp³-hybridized carbons (Fsp3) is 0.917. The third kappa shape index (κ3) is 2.51. The van der Waals surface area contributed by atoms with Crippen LogP contribution >= 0.6 is 0 Å². The van der Waals surface area contributed by atoms with E-state index in [1.54, 1.807) is 0 Å². The van der Waals surface area contributed by atoms with Gasteiger partial charge < -0.3 is 20.1 Å². The minimum atomic E-state index is -1.13. The largest absolute Gasteiger partial charge is 0.458 e. The molecule has 0 radical (unpaired) electrons. The molecule has 2 aliphatic rings. The van der Waals surface area contributed by atoms with Crippen molar-refractivity contribution in [2.75, 3.05) is 13.1 Å². The zero-order chi connectivity index (χ0) is 13.3. The lowest BCUT2D eigenvalue weighted by atomic mass is 9.93. The second-order valence-corrected chi connectivity index (χ2v) is 5.10. The van der Waals surface area contributed by atoms with Crippen LogP contribution in [0.3, 0.4) is 0 Å². The minimum Gasteiger partial charge on any atom is -0.458 e. The second-order valence-electron chi connectivity index (χ2n) is 5.10. The maximum atomic E-state index is 11.4. The third-order valence-corrected chi connectivity index (χ3v) is 3.76. The number of rotatable bonds is 3. The maximum Gasteiger partial charge on any atom is 0.306 e. The predicted molar refractivity (Wildman–Crippen MR) is 62.8 cm³/mol. The molecule has 104 valence electrons. The van der Waals surface area contributed by atoms with Crippen molar-refractivity contribution >= 4 is 5.97 Å². The SMILES string of the molecule is CCCC(=O)O[C@H]1CN2CC[C@H](O)C2[C@@H](O)[C@@H]1O. The van der Waals surface area contributed by atoms with Crippen LogP contribution in [0.15, 0.2) is 0 Å². The van der Waals surface area contributed by atoms with Crippen LogP contribution in [0.1, 0.15) is 26.2 Å². The Morgan fingerprint density at radius 1 is 1.33 bits per heavy atom. The highest BCUT2D eigenvalue weighted by atomic mass is 16.6. The smallest absolute Gasteiger partial charge is 0.306 e. The first-order valence-electron chi connectivity index (χ1n) is 6.52. The van der Waals surface area contributed by atoms with E-state index in [0.717, 1.165) is 0 Å². The normalized spacial score (nSPS) is 40.6. The Morgan fingerprint density at radius 2 is 2.06 bits per heavy atom. The van der Waals surface area contributed by atoms with Crippen molar-refractivity contribution in [2.45, 2.75) is 56.6 Å². The lowest BCUT2D eigenvalue weighted by molar-refractivity contribution is -0.178. The Bertz CT molecular complexity index is 311. The molecule has 2 saturated heterocycles. The Balaban J connectivity index is 2.00. The number of carbonyl (C=O) groups is 1. The minimum absolute atomic E-state index is 0.311. The number of carbonyl (C=O) groups excluding carboxylic acids is 1. The van der Waals surface area contributed by atoms with Gasteiger partial charge in [0.25, 0.3) is 0 Å². The van der Waals surface area contributed by atoms with E-state index in [-0.39, 0.29) is 5.97 Å². The van der Waals surface area contributed by atoms with Gasteiger partial charge in [-0.05, 0) is 12.8 Å². The van der Waals surface area contributed by atoms with E-state index in [2.05, 4.69) is 0 Å². The predicted octanol–water partition coefficient (Wildman–Crippen LogP) is -1.13. The van der Waals surface area contributed by atoms with Crippen molar-refractivity contribution in [3.63, 3.8) is 0 Å². The molecule has 0 aromatic rings. The van der Waals surface area contributed by atoms with Crippen LogP contribution in [-0.2, 0) is 9.53 Å². The van der Waals surface area contributed by atoms with Crippen molar-refractivity contribution in [3.05, 3.63) is 0 Å². The van der Waals surface area contributed by atoms with Crippen LogP contribution in [0.4, 0.5) is 0 Å². The van der Waals surface area contributed by atoms with Crippen LogP contribution < -0.4 is 0 Å². The van der Waals surface area contributed by atoms with Gasteiger partial charge in [-0.1, -0.05) is 6.92 Å². The number of ether oxygens (including phenoxy) is 1. The molecule has 0 amide bonds. The molecule has 6 heteroatoms. The van der Waals surface area contributed by atoms with Crippen molar-refractivity contribution in [1.82, 2.24) is 4.90 Å². The molecule has 0 spiro atoms. The van der Waals surface area contributed by atoms with Crippen molar-refractivity contribution in [2.24, 2.45) is 0 Å². The first kappa shape index (κ1) is 13.7. The quantitative estimate of drug-likeness (QED) is 0.556. The van der Waals surface area contributed by atoms with Crippen molar-refractivity contribution in [1.29, 1.82) is 0 Å². The molecule has 0 aliphatic carbocycles. The van der Waals surface area contributed by atoms with Gasteiger partial charge in [-0.15, -0.1) is 0 Å². The number of hydrogen-bond donors (Lipinski definition) is 3. The number of aliphatic hydroxyl groups is 3. The lowest BCUT2D eigenvalue weighted by Gasteiger charge is -2.42. The summed E-state index contributed by atoms with van der Waals surface area (Å²) in [6.07, 6.45) is -1.96. The van der Waals surface area contributed by atoms with Gasteiger partial charge in [0.15, 0.2) is 0 Å². The molecule has 5 atom stereocenters. The molecule has 2 aliphatic heterocycles. The topological polar surface area (TPSA) is 90.2 Å². The molecule has 18 heavy (non-hydrogen) atoms. The van der Waals surface area contributed by atoms with Gasteiger partial charge in [-0.25, -0.2) is 0 Å². The highest BCUT2D eigenvalue weighted by molar-refractivity contribution is 5.69. The van der Waals surface area contributed by atoms with E-state index >= 15 is 0 Å². The van der Waals surface area contributed by atoms with Crippen LogP contribution in [0.25, 0.3) is 0 Å². The van der Waals surface area contributed by atoms with E-state index in [9.17, 15) is 20.1 Å². The van der Waals surface area contributed by atoms with Crippen LogP contribution in [0.2, 0.25) is 0 Å². The summed E-state index contributed by atoms with van der Waals surface area (Å²) in [5.74, 6) is -0.355. The fourth-order valence-electron chi connectivity index (χ4n) is 2.82. The van der Waals surface area contributed by atoms with Gasteiger partial charge >= 0.3 is 5.97 Å². The van der Waals surface area contributed by atoms with Gasteiger partial charge in [0.1, 0.15) is 18.3 Å². The number of aliphatic hydroxyl groups excluding tert-OH is 3. The molecular weight excluding hydrogens is 238 g/mol. The molecule has 0 aromatic carbocycles. The first-order valence-corrected chi connectivity index (χ1v) is 6.52. The van der Waals surface area contributed by atoms with E-state index in [4.69, 9.17) is 4.74 Å². The molecule has 2 rings (SSSR count). The summed E-state index contributed by atoms with van der Waals surface area (Å²) in [4.78, 5) is 13.3. The average molecular weight is 259 g/mol. The summed E-state index contributed by atoms with van der Waals surface area (Å²) in [5.41, 5.74) is 0. The number of piperidine rings is 1. The number of esters is 1. The molecular formula is C12H21NO5. The Hall–Kier alpha value is -0.690. The molecule has 0 aromatic heterocycles. The third-order valence-electron chi connectivity index (χ3n) is 3.76. The Morgan fingerprint density at radius 3 is 2.72 bits per heavy atom. The summed E-state index contributed by atoms with van der Waals surface area (Å²) < 4.78 is 5.19. The van der Waals surface area contributed by atoms with E-state index in [1.807, 2.05) is 11.8 Å². The van der Waals surface area contributed by atoms with Gasteiger partial charge in [-0.3, -0.25) is 9.69 Å². The highest BCUT2D eigenvalue weighted by Gasteiger charge is 2.49. The lowest BCUT2D eigenvalue weighted by Crippen LogP contribution is -2.62. The first-order chi connectivity index (χ1) is 8.54. The molecule has 0 saturated carbocycles. The van der Waals surface area contributed by atoms with E-state index in [0.29, 0.717) is 32.4 Å². The highest BCUT2D eigenvalue weighted by Crippen LogP contribution is 2.29. The summed E-state index contributed by atoms with van der Waals surface area (Å²) in [6, 6.07) is -0.443. The summed E-state index contributed by atoms with van der Waals surface area (Å²) >= 11 is 0. The molecule has 1 unspecified atom stereocenters. The number of hydrogen-bond acceptors (Lipinski definition) is 6. The Kier molecular flexibility index (Phi) is 4.21. The average Bonchev–Trinajstić information content (AvgIpc) is 2.67. The molecule has 2 fully saturated rings. The van der Waals surface area contributed by atoms with Crippen LogP contribution in [-0.4, -0.2) is 69.7 Å². The van der Waals surface area contributed by atoms with Crippen molar-refractivity contribution < 1.29 is 24.9 Å². The second kappa shape index (κ2) is 5.52. The summed E-state index contributed by atoms with van der Waals surface area (Å²) in [6.45, 7) is 2.90. The summed E-state index contributed by atoms with van der Waals surface area (Å²) in [5, 5.41) is 29.7. The van der Waals surface area contributed by atoms with Crippen molar-refractivity contribution in [3.8, 4) is 0 Å². The van der Waals surface area contributed by atoms with Gasteiger partial charge in [0.05, 0.1) is 12.1 Å². The number of nitrogens with zero attached hydrogens (tertiary/aromatic N) is 1. The molecule has 6 nitrogen and oxygen atoms in total. The molecule has 0 bridgehead atoms. The van der Waals surface area contributed by atoms with E-state index in [1.165, 1.54) is 0 Å². The Labute approximate surface area is 106 Å². The van der Waals surface area contributed by atoms with Crippen LogP contribution in [0.5, 0.6) is 0 Å².